The molecule has 0 saturated carbocycles. The Bertz CT molecular complexity index is 2650. The molecule has 2 atom stereocenters. The number of pyridine rings is 1. The number of nitrogens with one attached hydrogen (secondary N) is 3. The lowest BCUT2D eigenvalue weighted by atomic mass is 9.93. The predicted octanol–water partition coefficient (Wildman–Crippen LogP) is 4.81. The SMILES string of the molecule is O=C1CCC(Nc2ccc(C3CCN(CC(=O)N4CCN(c5ccc(-c6cc(F)c7cn(C(C(=O)Nc8nccs8)c8ncn9c8CCC9)nc7c6)cc5)CC4)CC3)nc2)C(=O)N1. The van der Waals surface area contributed by atoms with Gasteiger partial charge in [0.15, 0.2) is 11.2 Å². The lowest BCUT2D eigenvalue weighted by Gasteiger charge is -2.38. The zero-order valence-corrected chi connectivity index (χ0v) is 35.4. The Kier molecular flexibility index (Phi) is 11.1. The van der Waals surface area contributed by atoms with E-state index in [0.717, 1.165) is 73.6 Å². The molecular formula is C45H47FN12O4S. The summed E-state index contributed by atoms with van der Waals surface area (Å²) in [5.74, 6) is -0.868. The van der Waals surface area contributed by atoms with Gasteiger partial charge in [0, 0.05) is 79.9 Å². The Morgan fingerprint density at radius 2 is 1.73 bits per heavy atom. The third-order valence-electron chi connectivity index (χ3n) is 12.7. The summed E-state index contributed by atoms with van der Waals surface area (Å²) in [5, 5.41) is 15.8. The normalized spacial score (nSPS) is 19.0. The third kappa shape index (κ3) is 8.52. The van der Waals surface area contributed by atoms with Crippen molar-refractivity contribution in [3.63, 3.8) is 0 Å². The number of imidazole rings is 1. The molecule has 4 aliphatic heterocycles. The molecular weight excluding hydrogens is 824 g/mol. The van der Waals surface area contributed by atoms with E-state index in [2.05, 4.69) is 45.3 Å². The number of halogens is 1. The van der Waals surface area contributed by atoms with Crippen molar-refractivity contribution in [2.75, 3.05) is 61.3 Å². The van der Waals surface area contributed by atoms with E-state index in [0.29, 0.717) is 78.8 Å². The number of fused-ring (bicyclic) bond motifs is 2. The van der Waals surface area contributed by atoms with Crippen molar-refractivity contribution < 1.29 is 23.6 Å². The van der Waals surface area contributed by atoms with E-state index in [4.69, 9.17) is 5.10 Å². The summed E-state index contributed by atoms with van der Waals surface area (Å²) in [5.41, 5.74) is 6.34. The number of amides is 4. The van der Waals surface area contributed by atoms with Crippen molar-refractivity contribution in [2.24, 2.45) is 0 Å². The van der Waals surface area contributed by atoms with Crippen LogP contribution >= 0.6 is 11.3 Å². The maximum absolute atomic E-state index is 15.8. The van der Waals surface area contributed by atoms with Crippen molar-refractivity contribution in [1.29, 1.82) is 0 Å². The maximum Gasteiger partial charge on any atom is 0.257 e. The van der Waals surface area contributed by atoms with E-state index in [1.807, 2.05) is 47.4 Å². The van der Waals surface area contributed by atoms with Crippen LogP contribution in [-0.2, 0) is 32.1 Å². The van der Waals surface area contributed by atoms with Gasteiger partial charge in [-0.25, -0.2) is 14.4 Å². The molecule has 8 heterocycles. The zero-order chi connectivity index (χ0) is 43.0. The topological polar surface area (TPSA) is 176 Å². The molecule has 2 aromatic carbocycles. The van der Waals surface area contributed by atoms with E-state index in [1.165, 1.54) is 22.1 Å². The molecule has 3 N–H and O–H groups in total. The number of carbonyl (C=O) groups excluding carboxylic acids is 4. The first-order valence-corrected chi connectivity index (χ1v) is 22.4. The van der Waals surface area contributed by atoms with Crippen LogP contribution in [0.15, 0.2) is 78.8 Å². The summed E-state index contributed by atoms with van der Waals surface area (Å²) in [6.07, 6.45) is 11.1. The number of piperazine rings is 1. The lowest BCUT2D eigenvalue weighted by molar-refractivity contribution is -0.134. The van der Waals surface area contributed by atoms with Crippen LogP contribution in [0, 0.1) is 5.82 Å². The number of thiazole rings is 1. The van der Waals surface area contributed by atoms with Crippen LogP contribution in [0.5, 0.6) is 0 Å². The van der Waals surface area contributed by atoms with Crippen LogP contribution in [-0.4, -0.2) is 115 Å². The molecule has 16 nitrogen and oxygen atoms in total. The molecule has 18 heteroatoms. The predicted molar refractivity (Wildman–Crippen MR) is 236 cm³/mol. The molecule has 2 unspecified atom stereocenters. The van der Waals surface area contributed by atoms with Crippen molar-refractivity contribution in [3.8, 4) is 11.1 Å². The summed E-state index contributed by atoms with van der Waals surface area (Å²) < 4.78 is 19.4. The molecule has 6 aromatic rings. The Labute approximate surface area is 366 Å². The molecule has 10 rings (SSSR count). The fourth-order valence-electron chi connectivity index (χ4n) is 9.28. The summed E-state index contributed by atoms with van der Waals surface area (Å²) in [6.45, 7) is 5.56. The molecule has 4 aliphatic rings. The van der Waals surface area contributed by atoms with Gasteiger partial charge in [0.1, 0.15) is 11.9 Å². The molecule has 0 bridgehead atoms. The molecule has 0 aliphatic carbocycles. The monoisotopic (exact) mass is 870 g/mol. The minimum absolute atomic E-state index is 0.144. The number of hydrogen-bond acceptors (Lipinski definition) is 12. The molecule has 3 saturated heterocycles. The number of aromatic nitrogens is 6. The van der Waals surface area contributed by atoms with Gasteiger partial charge in [-0.05, 0) is 92.7 Å². The smallest absolute Gasteiger partial charge is 0.257 e. The Hall–Kier alpha value is -6.53. The van der Waals surface area contributed by atoms with Crippen molar-refractivity contribution in [2.45, 2.75) is 63.1 Å². The van der Waals surface area contributed by atoms with E-state index in [-0.39, 0.29) is 23.6 Å². The summed E-state index contributed by atoms with van der Waals surface area (Å²) >= 11 is 1.32. The minimum Gasteiger partial charge on any atom is -0.372 e. The Morgan fingerprint density at radius 3 is 2.48 bits per heavy atom. The average Bonchev–Trinajstić information content (AvgIpc) is 4.13. The van der Waals surface area contributed by atoms with Crippen LogP contribution in [0.4, 0.5) is 20.9 Å². The Balaban J connectivity index is 0.729. The molecule has 0 spiro atoms. The number of benzene rings is 2. The molecule has 4 amide bonds. The molecule has 4 aromatic heterocycles. The highest BCUT2D eigenvalue weighted by atomic mass is 32.1. The summed E-state index contributed by atoms with van der Waals surface area (Å²) in [7, 11) is 0. The van der Waals surface area contributed by atoms with Gasteiger partial charge < -0.3 is 19.7 Å². The maximum atomic E-state index is 15.8. The highest BCUT2D eigenvalue weighted by Gasteiger charge is 2.33. The number of aryl methyl sites for hydroxylation is 1. The van der Waals surface area contributed by atoms with Gasteiger partial charge in [-0.15, -0.1) is 11.3 Å². The second kappa shape index (κ2) is 17.3. The summed E-state index contributed by atoms with van der Waals surface area (Å²) in [4.78, 5) is 70.7. The fourth-order valence-corrected chi connectivity index (χ4v) is 9.81. The number of piperidine rings is 2. The number of nitrogens with zero attached hydrogens (tertiary/aromatic N) is 9. The highest BCUT2D eigenvalue weighted by molar-refractivity contribution is 7.13. The number of anilines is 3. The van der Waals surface area contributed by atoms with Crippen LogP contribution in [0.25, 0.3) is 22.0 Å². The summed E-state index contributed by atoms with van der Waals surface area (Å²) in [6, 6.07) is 14.0. The largest absolute Gasteiger partial charge is 0.372 e. The Morgan fingerprint density at radius 1 is 0.905 bits per heavy atom. The second-order valence-electron chi connectivity index (χ2n) is 16.7. The number of likely N-dealkylation sites (tertiary alicyclic amines) is 1. The van der Waals surface area contributed by atoms with Crippen molar-refractivity contribution >= 4 is 62.4 Å². The first-order chi connectivity index (χ1) is 30.7. The quantitative estimate of drug-likeness (QED) is 0.153. The van der Waals surface area contributed by atoms with Crippen LogP contribution < -0.4 is 20.9 Å². The standard InChI is InChI=1S/C45H47FN12O4S/c46-34-22-30(23-37-33(34)25-58(53-37)42(44(62)52-45-47-13-21-63-45)41-38-2-1-14-57(38)27-49-41)28-3-6-32(7-4-28)55-17-19-56(20-18-55)40(60)26-54-15-11-29(12-16-54)35-8-5-31(24-48-35)50-36-9-10-39(59)51-43(36)61/h3-8,13,21-25,27,29,36,42,50H,1-2,9-12,14-20,26H2,(H,47,52,62)(H,51,59,61). The van der Waals surface area contributed by atoms with E-state index >= 15 is 4.39 Å². The minimum atomic E-state index is -0.903. The zero-order valence-electron chi connectivity index (χ0n) is 34.6. The fraction of sp³-hybridized carbons (Fsp3) is 0.378. The first kappa shape index (κ1) is 40.5. The number of hydrogen-bond donors (Lipinski definition) is 3. The number of imide groups is 1. The average molecular weight is 871 g/mol. The van der Waals surface area contributed by atoms with Crippen LogP contribution in [0.3, 0.4) is 0 Å². The van der Waals surface area contributed by atoms with Gasteiger partial charge >= 0.3 is 0 Å². The van der Waals surface area contributed by atoms with Gasteiger partial charge in [0.2, 0.25) is 17.7 Å². The van der Waals surface area contributed by atoms with Gasteiger partial charge in [0.25, 0.3) is 5.91 Å². The van der Waals surface area contributed by atoms with Gasteiger partial charge in [0.05, 0.1) is 41.4 Å². The first-order valence-electron chi connectivity index (χ1n) is 21.6. The number of carbonyl (C=O) groups is 4. The third-order valence-corrected chi connectivity index (χ3v) is 13.4. The number of rotatable bonds is 11. The highest BCUT2D eigenvalue weighted by Crippen LogP contribution is 2.33. The second-order valence-corrected chi connectivity index (χ2v) is 17.6. The molecule has 324 valence electrons. The van der Waals surface area contributed by atoms with Gasteiger partial charge in [-0.1, -0.05) is 12.1 Å². The molecule has 3 fully saturated rings. The van der Waals surface area contributed by atoms with Crippen molar-refractivity contribution in [1.82, 2.24) is 44.4 Å². The van der Waals surface area contributed by atoms with Crippen LogP contribution in [0.1, 0.15) is 61.1 Å². The van der Waals surface area contributed by atoms with Crippen molar-refractivity contribution in [3.05, 3.63) is 102 Å². The van der Waals surface area contributed by atoms with E-state index in [1.54, 1.807) is 30.3 Å². The van der Waals surface area contributed by atoms with E-state index < -0.39 is 17.9 Å². The van der Waals surface area contributed by atoms with Gasteiger partial charge in [-0.3, -0.25) is 44.4 Å². The lowest BCUT2D eigenvalue weighted by Crippen LogP contribution is -2.51. The molecule has 63 heavy (non-hydrogen) atoms. The van der Waals surface area contributed by atoms with E-state index in [9.17, 15) is 19.2 Å². The molecule has 0 radical (unpaired) electrons. The van der Waals surface area contributed by atoms with Gasteiger partial charge in [-0.2, -0.15) is 5.10 Å². The van der Waals surface area contributed by atoms with Crippen LogP contribution in [0.2, 0.25) is 0 Å².